The molecule has 1 aliphatic heterocycles. The van der Waals surface area contributed by atoms with E-state index in [9.17, 15) is 13.6 Å². The number of nitrogens with zero attached hydrogens (tertiary/aromatic N) is 2. The summed E-state index contributed by atoms with van der Waals surface area (Å²) in [4.78, 5) is 21.1. The Bertz CT molecular complexity index is 1100. The molecule has 0 radical (unpaired) electrons. The molecule has 4 N–H and O–H groups in total. The molecular weight excluding hydrogens is 416 g/mol. The summed E-state index contributed by atoms with van der Waals surface area (Å²) in [6.07, 6.45) is 5.80. The highest BCUT2D eigenvalue weighted by Gasteiger charge is 2.20. The number of pyridine rings is 2. The number of ether oxygens (including phenoxy) is 1. The molecule has 7 nitrogen and oxygen atoms in total. The third-order valence-electron chi connectivity index (χ3n) is 5.21. The molecule has 1 amide bonds. The van der Waals surface area contributed by atoms with E-state index >= 15 is 0 Å². The Labute approximate surface area is 184 Å². The van der Waals surface area contributed by atoms with Gasteiger partial charge in [-0.25, -0.2) is 13.8 Å². The van der Waals surface area contributed by atoms with Crippen LogP contribution in [0.4, 0.5) is 20.2 Å². The number of aromatic nitrogens is 2. The van der Waals surface area contributed by atoms with Gasteiger partial charge in [0.05, 0.1) is 23.1 Å². The first-order valence-corrected chi connectivity index (χ1v) is 10.4. The fourth-order valence-corrected chi connectivity index (χ4v) is 3.58. The third kappa shape index (κ3) is 4.83. The van der Waals surface area contributed by atoms with Crippen LogP contribution in [0.3, 0.4) is 0 Å². The quantitative estimate of drug-likeness (QED) is 0.559. The number of hydrogen-bond acceptors (Lipinski definition) is 6. The number of nitrogen functional groups attached to an aromatic ring is 1. The Balaban J connectivity index is 1.58. The minimum atomic E-state index is -0.783. The molecule has 0 saturated carbocycles. The molecule has 1 aliphatic rings. The lowest BCUT2D eigenvalue weighted by Gasteiger charge is -2.19. The first-order chi connectivity index (χ1) is 15.5. The molecule has 0 spiro atoms. The summed E-state index contributed by atoms with van der Waals surface area (Å²) in [7, 11) is 0. The summed E-state index contributed by atoms with van der Waals surface area (Å²) < 4.78 is 34.5. The largest absolute Gasteiger partial charge is 0.488 e. The van der Waals surface area contributed by atoms with Crippen molar-refractivity contribution in [3.63, 3.8) is 0 Å². The highest BCUT2D eigenvalue weighted by atomic mass is 19.1. The third-order valence-corrected chi connectivity index (χ3v) is 5.21. The second kappa shape index (κ2) is 9.69. The number of anilines is 2. The number of rotatable bonds is 5. The van der Waals surface area contributed by atoms with E-state index < -0.39 is 17.5 Å². The van der Waals surface area contributed by atoms with Crippen molar-refractivity contribution in [1.82, 2.24) is 15.3 Å². The highest BCUT2D eigenvalue weighted by Crippen LogP contribution is 2.29. The van der Waals surface area contributed by atoms with Gasteiger partial charge in [-0.3, -0.25) is 9.78 Å². The van der Waals surface area contributed by atoms with Crippen molar-refractivity contribution in [3.05, 3.63) is 66.1 Å². The van der Waals surface area contributed by atoms with Crippen LogP contribution >= 0.6 is 0 Å². The summed E-state index contributed by atoms with van der Waals surface area (Å²) in [6.45, 7) is 1.81. The molecule has 1 atom stereocenters. The molecule has 9 heteroatoms. The Hall–Kier alpha value is -3.59. The van der Waals surface area contributed by atoms with Gasteiger partial charge in [-0.15, -0.1) is 0 Å². The van der Waals surface area contributed by atoms with Gasteiger partial charge >= 0.3 is 0 Å². The predicted octanol–water partition coefficient (Wildman–Crippen LogP) is 3.78. The van der Waals surface area contributed by atoms with Crippen LogP contribution in [0.2, 0.25) is 0 Å². The van der Waals surface area contributed by atoms with Gasteiger partial charge in [0.15, 0.2) is 5.69 Å². The molecule has 0 aliphatic carbocycles. The topological polar surface area (TPSA) is 102 Å². The second-order valence-corrected chi connectivity index (χ2v) is 7.48. The molecule has 32 heavy (non-hydrogen) atoms. The Morgan fingerprint density at radius 3 is 2.75 bits per heavy atom. The van der Waals surface area contributed by atoms with Crippen molar-refractivity contribution in [2.24, 2.45) is 0 Å². The number of nitrogens with one attached hydrogen (secondary N) is 2. The van der Waals surface area contributed by atoms with E-state index in [2.05, 4.69) is 20.6 Å². The number of amides is 1. The van der Waals surface area contributed by atoms with Gasteiger partial charge in [0, 0.05) is 12.3 Å². The lowest BCUT2D eigenvalue weighted by Crippen LogP contribution is -2.21. The summed E-state index contributed by atoms with van der Waals surface area (Å²) in [6, 6.07) is 7.94. The van der Waals surface area contributed by atoms with Crippen LogP contribution in [0.15, 0.2) is 48.8 Å². The fourth-order valence-electron chi connectivity index (χ4n) is 3.58. The number of carbonyl (C=O) groups is 1. The van der Waals surface area contributed by atoms with Crippen LogP contribution in [-0.2, 0) is 0 Å². The van der Waals surface area contributed by atoms with E-state index in [0.717, 1.165) is 44.5 Å². The normalized spacial score (nSPS) is 16.2. The number of hydrogen-bond donors (Lipinski definition) is 3. The molecule has 2 aromatic heterocycles. The molecular formula is C23H23F2N5O2. The maximum Gasteiger partial charge on any atom is 0.276 e. The second-order valence-electron chi connectivity index (χ2n) is 7.48. The van der Waals surface area contributed by atoms with Crippen molar-refractivity contribution >= 4 is 17.3 Å². The maximum atomic E-state index is 14.2. The summed E-state index contributed by atoms with van der Waals surface area (Å²) in [5.41, 5.74) is 5.86. The van der Waals surface area contributed by atoms with Gasteiger partial charge in [-0.2, -0.15) is 0 Å². The van der Waals surface area contributed by atoms with Gasteiger partial charge < -0.3 is 21.1 Å². The van der Waals surface area contributed by atoms with Crippen LogP contribution < -0.4 is 21.1 Å². The summed E-state index contributed by atoms with van der Waals surface area (Å²) in [5, 5.41) is 6.04. The highest BCUT2D eigenvalue weighted by molar-refractivity contribution is 6.07. The number of halogens is 2. The standard InChI is InChI=1S/C23H23F2N5O2/c24-15-4-1-5-16(25)21(15)18-7-6-17(26)22(29-18)23(31)30-19-13-28-12-9-20(19)32-14-3-2-10-27-11-8-14/h1,4-7,9,12-14,27H,2-3,8,10-11,26H2,(H,30,31). The van der Waals surface area contributed by atoms with Crippen molar-refractivity contribution in [1.29, 1.82) is 0 Å². The van der Waals surface area contributed by atoms with E-state index in [4.69, 9.17) is 10.5 Å². The molecule has 3 heterocycles. The predicted molar refractivity (Wildman–Crippen MR) is 117 cm³/mol. The van der Waals surface area contributed by atoms with Crippen molar-refractivity contribution < 1.29 is 18.3 Å². The van der Waals surface area contributed by atoms with Crippen LogP contribution in [0, 0.1) is 11.6 Å². The first kappa shape index (κ1) is 21.6. The van der Waals surface area contributed by atoms with Gasteiger partial charge in [0.2, 0.25) is 0 Å². The summed E-state index contributed by atoms with van der Waals surface area (Å²) >= 11 is 0. The average Bonchev–Trinajstić information content (AvgIpc) is 3.05. The van der Waals surface area contributed by atoms with Gasteiger partial charge in [-0.1, -0.05) is 6.07 Å². The SMILES string of the molecule is Nc1ccc(-c2c(F)cccc2F)nc1C(=O)Nc1cnccc1OC1CCCNCC1. The van der Waals surface area contributed by atoms with Crippen molar-refractivity contribution in [2.75, 3.05) is 24.1 Å². The molecule has 1 saturated heterocycles. The van der Waals surface area contributed by atoms with Gasteiger partial charge in [0.1, 0.15) is 29.2 Å². The molecule has 0 bridgehead atoms. The smallest absolute Gasteiger partial charge is 0.276 e. The summed E-state index contributed by atoms with van der Waals surface area (Å²) in [5.74, 6) is -1.72. The maximum absolute atomic E-state index is 14.2. The molecule has 1 aromatic carbocycles. The van der Waals surface area contributed by atoms with E-state index in [1.165, 1.54) is 24.4 Å². The van der Waals surface area contributed by atoms with Crippen LogP contribution in [0.5, 0.6) is 5.75 Å². The molecule has 166 valence electrons. The molecule has 3 aromatic rings. The molecule has 4 rings (SSSR count). The molecule has 1 fully saturated rings. The van der Waals surface area contributed by atoms with E-state index in [1.54, 1.807) is 12.3 Å². The minimum absolute atomic E-state index is 0.0126. The van der Waals surface area contributed by atoms with Crippen molar-refractivity contribution in [2.45, 2.75) is 25.4 Å². The van der Waals surface area contributed by atoms with Crippen molar-refractivity contribution in [3.8, 4) is 17.0 Å². The molecule has 1 unspecified atom stereocenters. The lowest BCUT2D eigenvalue weighted by molar-refractivity contribution is 0.102. The Morgan fingerprint density at radius 2 is 1.94 bits per heavy atom. The van der Waals surface area contributed by atoms with Crippen LogP contribution in [0.25, 0.3) is 11.3 Å². The number of nitrogens with two attached hydrogens (primary N) is 1. The van der Waals surface area contributed by atoms with E-state index in [-0.39, 0.29) is 28.7 Å². The fraction of sp³-hybridized carbons (Fsp3) is 0.261. The van der Waals surface area contributed by atoms with Crippen LogP contribution in [0.1, 0.15) is 29.8 Å². The van der Waals surface area contributed by atoms with Gasteiger partial charge in [0.25, 0.3) is 5.91 Å². The lowest BCUT2D eigenvalue weighted by atomic mass is 10.1. The van der Waals surface area contributed by atoms with E-state index in [0.29, 0.717) is 11.4 Å². The zero-order valence-corrected chi connectivity index (χ0v) is 17.3. The Kier molecular flexibility index (Phi) is 6.55. The average molecular weight is 439 g/mol. The monoisotopic (exact) mass is 439 g/mol. The Morgan fingerprint density at radius 1 is 1.12 bits per heavy atom. The van der Waals surface area contributed by atoms with Gasteiger partial charge in [-0.05, 0) is 56.6 Å². The number of benzene rings is 1. The minimum Gasteiger partial charge on any atom is -0.488 e. The van der Waals surface area contributed by atoms with Crippen LogP contribution in [-0.4, -0.2) is 35.1 Å². The first-order valence-electron chi connectivity index (χ1n) is 10.4. The van der Waals surface area contributed by atoms with E-state index in [1.807, 2.05) is 0 Å². The zero-order valence-electron chi connectivity index (χ0n) is 17.3. The number of carbonyl (C=O) groups excluding carboxylic acids is 1. The zero-order chi connectivity index (χ0) is 22.5.